The molecule has 4 aromatic rings. The van der Waals surface area contributed by atoms with Crippen LogP contribution < -0.4 is 5.73 Å². The van der Waals surface area contributed by atoms with Crippen LogP contribution in [-0.4, -0.2) is 30.3 Å². The van der Waals surface area contributed by atoms with E-state index < -0.39 is 16.7 Å². The normalized spacial score (nSPS) is 11.9. The van der Waals surface area contributed by atoms with E-state index >= 15 is 0 Å². The molecular weight excluding hydrogens is 422 g/mol. The molecule has 0 radical (unpaired) electrons. The van der Waals surface area contributed by atoms with Crippen molar-refractivity contribution < 1.29 is 9.00 Å². The molecule has 9 heteroatoms. The molecule has 1 amide bonds. The predicted octanol–water partition coefficient (Wildman–Crippen LogP) is 3.59. The number of aromatic nitrogens is 4. The standard InChI is InChI=1S/C21H16ClN5O2S/c22-18-7-5-14(10-17(18)19-3-1-2-8-24-19)16-9-13(4-6-15(16)20(23)28)11-30(29)21-25-12-26-27-21/h1-10,12H,11H2,(H2,23,28)(H,25,26,27). The molecule has 0 aliphatic heterocycles. The maximum Gasteiger partial charge on any atom is 0.249 e. The third-order valence-corrected chi connectivity index (χ3v) is 6.03. The second kappa shape index (κ2) is 8.56. The van der Waals surface area contributed by atoms with Crippen LogP contribution in [0.15, 0.2) is 72.3 Å². The lowest BCUT2D eigenvalue weighted by molar-refractivity contribution is 0.100. The van der Waals surface area contributed by atoms with Gasteiger partial charge < -0.3 is 5.73 Å². The van der Waals surface area contributed by atoms with Gasteiger partial charge in [-0.2, -0.15) is 5.10 Å². The van der Waals surface area contributed by atoms with Crippen LogP contribution in [0.4, 0.5) is 0 Å². The summed E-state index contributed by atoms with van der Waals surface area (Å²) in [6, 6.07) is 16.2. The highest BCUT2D eigenvalue weighted by Crippen LogP contribution is 2.33. The summed E-state index contributed by atoms with van der Waals surface area (Å²) in [5.74, 6) is -0.343. The van der Waals surface area contributed by atoms with Crippen LogP contribution in [0.5, 0.6) is 0 Å². The summed E-state index contributed by atoms with van der Waals surface area (Å²) in [6.07, 6.45) is 2.99. The van der Waals surface area contributed by atoms with Crippen molar-refractivity contribution >= 4 is 28.3 Å². The topological polar surface area (TPSA) is 115 Å². The molecule has 0 saturated carbocycles. The van der Waals surface area contributed by atoms with Gasteiger partial charge in [-0.25, -0.2) is 4.98 Å². The van der Waals surface area contributed by atoms with Crippen LogP contribution in [0, 0.1) is 0 Å². The lowest BCUT2D eigenvalue weighted by Gasteiger charge is -2.12. The fourth-order valence-electron chi connectivity index (χ4n) is 3.07. The first-order valence-electron chi connectivity index (χ1n) is 8.90. The smallest absolute Gasteiger partial charge is 0.249 e. The molecule has 7 nitrogen and oxygen atoms in total. The van der Waals surface area contributed by atoms with Gasteiger partial charge in [-0.05, 0) is 53.1 Å². The van der Waals surface area contributed by atoms with Gasteiger partial charge in [-0.1, -0.05) is 29.8 Å². The molecule has 150 valence electrons. The Balaban J connectivity index is 1.77. The Kier molecular flexibility index (Phi) is 5.69. The zero-order valence-corrected chi connectivity index (χ0v) is 17.2. The van der Waals surface area contributed by atoms with E-state index in [-0.39, 0.29) is 5.75 Å². The van der Waals surface area contributed by atoms with Gasteiger partial charge in [0.1, 0.15) is 6.33 Å². The van der Waals surface area contributed by atoms with Gasteiger partial charge >= 0.3 is 0 Å². The third-order valence-electron chi connectivity index (χ3n) is 4.47. The number of benzene rings is 2. The molecule has 3 N–H and O–H groups in total. The number of nitrogens with two attached hydrogens (primary N) is 1. The number of carbonyl (C=O) groups is 1. The first-order chi connectivity index (χ1) is 14.5. The van der Waals surface area contributed by atoms with Crippen molar-refractivity contribution in [2.45, 2.75) is 10.9 Å². The van der Waals surface area contributed by atoms with E-state index in [1.165, 1.54) is 6.33 Å². The molecule has 30 heavy (non-hydrogen) atoms. The Morgan fingerprint density at radius 1 is 1.07 bits per heavy atom. The van der Waals surface area contributed by atoms with E-state index in [9.17, 15) is 9.00 Å². The number of hydrogen-bond donors (Lipinski definition) is 2. The van der Waals surface area contributed by atoms with Crippen LogP contribution in [0.2, 0.25) is 5.02 Å². The fraction of sp³-hybridized carbons (Fsp3) is 0.0476. The van der Waals surface area contributed by atoms with Gasteiger partial charge in [0, 0.05) is 22.3 Å². The summed E-state index contributed by atoms with van der Waals surface area (Å²) < 4.78 is 12.5. The molecule has 2 aromatic carbocycles. The number of nitrogens with zero attached hydrogens (tertiary/aromatic N) is 3. The maximum absolute atomic E-state index is 12.5. The summed E-state index contributed by atoms with van der Waals surface area (Å²) in [5, 5.41) is 7.17. The number of rotatable bonds is 6. The first kappa shape index (κ1) is 19.9. The second-order valence-electron chi connectivity index (χ2n) is 6.43. The monoisotopic (exact) mass is 437 g/mol. The van der Waals surface area contributed by atoms with E-state index in [0.717, 1.165) is 16.7 Å². The van der Waals surface area contributed by atoms with Crippen LogP contribution in [0.3, 0.4) is 0 Å². The van der Waals surface area contributed by atoms with E-state index in [1.54, 1.807) is 30.5 Å². The summed E-state index contributed by atoms with van der Waals surface area (Å²) >= 11 is 6.39. The van der Waals surface area contributed by atoms with Gasteiger partial charge in [0.25, 0.3) is 0 Å². The molecule has 0 aliphatic carbocycles. The van der Waals surface area contributed by atoms with Crippen LogP contribution in [0.1, 0.15) is 15.9 Å². The molecule has 0 spiro atoms. The van der Waals surface area contributed by atoms with Crippen molar-refractivity contribution in [3.8, 4) is 22.4 Å². The minimum absolute atomic E-state index is 0.210. The first-order valence-corrected chi connectivity index (χ1v) is 10.6. The van der Waals surface area contributed by atoms with Gasteiger partial charge in [0.2, 0.25) is 11.1 Å². The molecule has 1 unspecified atom stereocenters. The number of pyridine rings is 1. The van der Waals surface area contributed by atoms with Gasteiger partial charge in [0.05, 0.1) is 22.2 Å². The van der Waals surface area contributed by atoms with Crippen molar-refractivity contribution in [1.82, 2.24) is 20.2 Å². The average Bonchev–Trinajstić information content (AvgIpc) is 3.30. The Labute approximate surface area is 179 Å². The fourth-order valence-corrected chi connectivity index (χ4v) is 4.22. The molecule has 2 heterocycles. The van der Waals surface area contributed by atoms with Gasteiger partial charge in [0.15, 0.2) is 0 Å². The lowest BCUT2D eigenvalue weighted by Crippen LogP contribution is -2.13. The molecule has 1 atom stereocenters. The number of primary amides is 1. The zero-order valence-electron chi connectivity index (χ0n) is 15.6. The SMILES string of the molecule is NC(=O)c1ccc(CS(=O)c2ncn[nH]2)cc1-c1ccc(Cl)c(-c2ccccn2)c1. The molecule has 0 bridgehead atoms. The average molecular weight is 438 g/mol. The highest BCUT2D eigenvalue weighted by atomic mass is 35.5. The Bertz CT molecular complexity index is 1230. The van der Waals surface area contributed by atoms with Crippen molar-refractivity contribution in [1.29, 1.82) is 0 Å². The summed E-state index contributed by atoms with van der Waals surface area (Å²) in [6.45, 7) is 0. The summed E-state index contributed by atoms with van der Waals surface area (Å²) in [5.41, 5.74) is 9.55. The molecule has 2 aromatic heterocycles. The van der Waals surface area contributed by atoms with E-state index in [0.29, 0.717) is 27.0 Å². The van der Waals surface area contributed by atoms with Crippen molar-refractivity contribution in [2.75, 3.05) is 0 Å². The lowest BCUT2D eigenvalue weighted by atomic mass is 9.95. The quantitative estimate of drug-likeness (QED) is 0.478. The minimum atomic E-state index is -1.40. The van der Waals surface area contributed by atoms with Crippen molar-refractivity contribution in [3.63, 3.8) is 0 Å². The summed E-state index contributed by atoms with van der Waals surface area (Å²) in [7, 11) is -1.40. The minimum Gasteiger partial charge on any atom is -0.366 e. The van der Waals surface area contributed by atoms with Crippen LogP contribution in [0.25, 0.3) is 22.4 Å². The van der Waals surface area contributed by atoms with Crippen molar-refractivity contribution in [3.05, 3.63) is 83.3 Å². The Hall–Kier alpha value is -3.36. The number of carbonyl (C=O) groups excluding carboxylic acids is 1. The molecule has 4 rings (SSSR count). The zero-order chi connectivity index (χ0) is 21.1. The molecule has 0 saturated heterocycles. The van der Waals surface area contributed by atoms with Gasteiger partial charge in [-0.15, -0.1) is 0 Å². The predicted molar refractivity (Wildman–Crippen MR) is 115 cm³/mol. The van der Waals surface area contributed by atoms with E-state index in [4.69, 9.17) is 17.3 Å². The van der Waals surface area contributed by atoms with Crippen LogP contribution in [-0.2, 0) is 16.6 Å². The molecule has 0 aliphatic rings. The number of nitrogens with one attached hydrogen (secondary N) is 1. The molecule has 0 fully saturated rings. The largest absolute Gasteiger partial charge is 0.366 e. The van der Waals surface area contributed by atoms with Gasteiger partial charge in [-0.3, -0.25) is 19.1 Å². The Morgan fingerprint density at radius 2 is 1.93 bits per heavy atom. The number of halogens is 1. The maximum atomic E-state index is 12.5. The van der Waals surface area contributed by atoms with E-state index in [2.05, 4.69) is 20.2 Å². The summed E-state index contributed by atoms with van der Waals surface area (Å²) in [4.78, 5) is 20.3. The van der Waals surface area contributed by atoms with Crippen LogP contribution >= 0.6 is 11.6 Å². The number of H-pyrrole nitrogens is 1. The third kappa shape index (κ3) is 4.14. The molecular formula is C21H16ClN5O2S. The second-order valence-corrected chi connectivity index (χ2v) is 8.21. The van der Waals surface area contributed by atoms with E-state index in [1.807, 2.05) is 30.3 Å². The Morgan fingerprint density at radius 3 is 2.63 bits per heavy atom. The van der Waals surface area contributed by atoms with Crippen molar-refractivity contribution in [2.24, 2.45) is 5.73 Å². The number of amides is 1. The number of aromatic amines is 1. The highest BCUT2D eigenvalue weighted by Gasteiger charge is 2.16. The number of hydrogen-bond acceptors (Lipinski definition) is 5. The highest BCUT2D eigenvalue weighted by molar-refractivity contribution is 7.84.